The van der Waals surface area contributed by atoms with Gasteiger partial charge in [0.15, 0.2) is 0 Å². The lowest BCUT2D eigenvalue weighted by molar-refractivity contribution is 0.139. The predicted molar refractivity (Wildman–Crippen MR) is 87.9 cm³/mol. The van der Waals surface area contributed by atoms with Crippen molar-refractivity contribution in [1.29, 1.82) is 0 Å². The Morgan fingerprint density at radius 3 is 2.22 bits per heavy atom. The number of carbonyl (C=O) groups is 1. The van der Waals surface area contributed by atoms with Gasteiger partial charge in [-0.05, 0) is 24.1 Å². The number of carbonyl (C=O) groups excluding carboxylic acids is 1. The van der Waals surface area contributed by atoms with Crippen LogP contribution in [0.2, 0.25) is 0 Å². The molecule has 0 heterocycles. The van der Waals surface area contributed by atoms with Crippen LogP contribution in [0.4, 0.5) is 4.79 Å². The van der Waals surface area contributed by atoms with Crippen molar-refractivity contribution in [2.75, 3.05) is 20.8 Å². The quantitative estimate of drug-likeness (QED) is 0.852. The third-order valence-electron chi connectivity index (χ3n) is 3.39. The Balaban J connectivity index is 1.82. The maximum Gasteiger partial charge on any atom is 0.407 e. The number of nitrogens with one attached hydrogen (secondary N) is 1. The molecule has 2 aromatic carbocycles. The van der Waals surface area contributed by atoms with Crippen LogP contribution in [0, 0.1) is 0 Å². The van der Waals surface area contributed by atoms with Gasteiger partial charge in [-0.1, -0.05) is 36.4 Å². The molecule has 122 valence electrons. The van der Waals surface area contributed by atoms with Crippen LogP contribution in [0.15, 0.2) is 48.5 Å². The molecule has 0 atom stereocenters. The fraction of sp³-hybridized carbons (Fsp3) is 0.278. The van der Waals surface area contributed by atoms with E-state index in [0.29, 0.717) is 13.0 Å². The minimum absolute atomic E-state index is 0.255. The summed E-state index contributed by atoms with van der Waals surface area (Å²) < 4.78 is 15.8. The number of benzene rings is 2. The average molecular weight is 315 g/mol. The highest BCUT2D eigenvalue weighted by Crippen LogP contribution is 2.28. The van der Waals surface area contributed by atoms with Gasteiger partial charge >= 0.3 is 6.09 Å². The van der Waals surface area contributed by atoms with Gasteiger partial charge in [-0.2, -0.15) is 0 Å². The topological polar surface area (TPSA) is 56.8 Å². The number of rotatable bonds is 7. The lowest BCUT2D eigenvalue weighted by atomic mass is 10.1. The third-order valence-corrected chi connectivity index (χ3v) is 3.39. The summed E-state index contributed by atoms with van der Waals surface area (Å²) in [6.45, 7) is 0.689. The van der Waals surface area contributed by atoms with Crippen LogP contribution in [0.25, 0.3) is 0 Å². The summed E-state index contributed by atoms with van der Waals surface area (Å²) >= 11 is 0. The fourth-order valence-electron chi connectivity index (χ4n) is 2.24. The molecular weight excluding hydrogens is 294 g/mol. The first-order valence-corrected chi connectivity index (χ1v) is 7.39. The largest absolute Gasteiger partial charge is 0.496 e. The molecule has 0 aliphatic rings. The molecule has 0 aliphatic carbocycles. The van der Waals surface area contributed by atoms with Crippen LogP contribution in [0.5, 0.6) is 11.5 Å². The molecule has 2 aromatic rings. The zero-order valence-electron chi connectivity index (χ0n) is 13.4. The fourth-order valence-corrected chi connectivity index (χ4v) is 2.24. The van der Waals surface area contributed by atoms with E-state index < -0.39 is 6.09 Å². The van der Waals surface area contributed by atoms with Gasteiger partial charge in [-0.15, -0.1) is 0 Å². The number of amides is 1. The summed E-state index contributed by atoms with van der Waals surface area (Å²) in [6, 6.07) is 15.2. The highest BCUT2D eigenvalue weighted by atomic mass is 16.5. The first-order chi connectivity index (χ1) is 11.2. The molecule has 23 heavy (non-hydrogen) atoms. The summed E-state index contributed by atoms with van der Waals surface area (Å²) in [4.78, 5) is 11.7. The SMILES string of the molecule is COc1cccc(OC)c1CCNC(=O)OCc1ccccc1. The lowest BCUT2D eigenvalue weighted by Gasteiger charge is -2.13. The second-order valence-corrected chi connectivity index (χ2v) is 4.88. The Morgan fingerprint density at radius 1 is 0.957 bits per heavy atom. The van der Waals surface area contributed by atoms with E-state index in [1.54, 1.807) is 14.2 Å². The first kappa shape index (κ1) is 16.7. The van der Waals surface area contributed by atoms with Crippen molar-refractivity contribution in [1.82, 2.24) is 5.32 Å². The molecule has 0 saturated heterocycles. The Morgan fingerprint density at radius 2 is 1.61 bits per heavy atom. The van der Waals surface area contributed by atoms with Crippen molar-refractivity contribution in [3.8, 4) is 11.5 Å². The van der Waals surface area contributed by atoms with Gasteiger partial charge in [0.25, 0.3) is 0 Å². The number of hydrogen-bond donors (Lipinski definition) is 1. The molecule has 1 N–H and O–H groups in total. The number of methoxy groups -OCH3 is 2. The molecule has 1 amide bonds. The number of alkyl carbamates (subject to hydrolysis) is 1. The van der Waals surface area contributed by atoms with Crippen molar-refractivity contribution in [3.63, 3.8) is 0 Å². The van der Waals surface area contributed by atoms with E-state index in [4.69, 9.17) is 14.2 Å². The molecule has 2 rings (SSSR count). The monoisotopic (exact) mass is 315 g/mol. The van der Waals surface area contributed by atoms with E-state index in [1.165, 1.54) is 0 Å². The van der Waals surface area contributed by atoms with Crippen LogP contribution >= 0.6 is 0 Å². The van der Waals surface area contributed by atoms with Crippen LogP contribution in [-0.2, 0) is 17.8 Å². The van der Waals surface area contributed by atoms with Gasteiger partial charge in [0, 0.05) is 12.1 Å². The van der Waals surface area contributed by atoms with Gasteiger partial charge in [-0.3, -0.25) is 0 Å². The molecule has 0 saturated carbocycles. The molecule has 0 radical (unpaired) electrons. The molecular formula is C18H21NO4. The zero-order valence-corrected chi connectivity index (χ0v) is 13.4. The number of ether oxygens (including phenoxy) is 3. The lowest BCUT2D eigenvalue weighted by Crippen LogP contribution is -2.26. The summed E-state index contributed by atoms with van der Waals surface area (Å²) in [5.41, 5.74) is 1.87. The molecule has 0 aliphatic heterocycles. The summed E-state index contributed by atoms with van der Waals surface area (Å²) in [6.07, 6.45) is 0.149. The maximum atomic E-state index is 11.7. The van der Waals surface area contributed by atoms with Crippen molar-refractivity contribution < 1.29 is 19.0 Å². The molecule has 0 bridgehead atoms. The normalized spacial score (nSPS) is 10.0. The highest BCUT2D eigenvalue weighted by molar-refractivity contribution is 5.67. The van der Waals surface area contributed by atoms with Crippen LogP contribution in [-0.4, -0.2) is 26.9 Å². The summed E-state index contributed by atoms with van der Waals surface area (Å²) in [7, 11) is 3.22. The van der Waals surface area contributed by atoms with E-state index in [-0.39, 0.29) is 6.61 Å². The third kappa shape index (κ3) is 4.92. The van der Waals surface area contributed by atoms with E-state index in [2.05, 4.69) is 5.32 Å². The second kappa shape index (κ2) is 8.68. The van der Waals surface area contributed by atoms with Crippen molar-refractivity contribution in [3.05, 3.63) is 59.7 Å². The van der Waals surface area contributed by atoms with Crippen molar-refractivity contribution in [2.45, 2.75) is 13.0 Å². The van der Waals surface area contributed by atoms with Crippen LogP contribution in [0.1, 0.15) is 11.1 Å². The molecule has 0 spiro atoms. The van der Waals surface area contributed by atoms with Crippen molar-refractivity contribution >= 4 is 6.09 Å². The first-order valence-electron chi connectivity index (χ1n) is 7.39. The minimum atomic E-state index is -0.442. The molecule has 0 unspecified atom stereocenters. The standard InChI is InChI=1S/C18H21NO4/c1-21-16-9-6-10-17(22-2)15(16)11-12-19-18(20)23-13-14-7-4-3-5-8-14/h3-10H,11-13H2,1-2H3,(H,19,20). The molecule has 5 nitrogen and oxygen atoms in total. The van der Waals surface area contributed by atoms with E-state index in [1.807, 2.05) is 48.5 Å². The number of hydrogen-bond acceptors (Lipinski definition) is 4. The average Bonchev–Trinajstić information content (AvgIpc) is 2.60. The summed E-state index contributed by atoms with van der Waals surface area (Å²) in [5, 5.41) is 2.73. The molecule has 0 aromatic heterocycles. The molecule has 0 fully saturated rings. The Hall–Kier alpha value is -2.69. The Labute approximate surface area is 136 Å². The second-order valence-electron chi connectivity index (χ2n) is 4.88. The van der Waals surface area contributed by atoms with Gasteiger partial charge in [-0.25, -0.2) is 4.79 Å². The predicted octanol–water partition coefficient (Wildman–Crippen LogP) is 3.17. The molecule has 5 heteroatoms. The summed E-state index contributed by atoms with van der Waals surface area (Å²) in [5.74, 6) is 1.48. The highest BCUT2D eigenvalue weighted by Gasteiger charge is 2.10. The van der Waals surface area contributed by atoms with Gasteiger partial charge in [0.05, 0.1) is 14.2 Å². The van der Waals surface area contributed by atoms with Gasteiger partial charge in [0.2, 0.25) is 0 Å². The van der Waals surface area contributed by atoms with Crippen molar-refractivity contribution in [2.24, 2.45) is 0 Å². The maximum absolute atomic E-state index is 11.7. The van der Waals surface area contributed by atoms with Gasteiger partial charge < -0.3 is 19.5 Å². The van der Waals surface area contributed by atoms with Gasteiger partial charge in [0.1, 0.15) is 18.1 Å². The van der Waals surface area contributed by atoms with E-state index in [9.17, 15) is 4.79 Å². The van der Waals surface area contributed by atoms with E-state index >= 15 is 0 Å². The Kier molecular flexibility index (Phi) is 6.29. The minimum Gasteiger partial charge on any atom is -0.496 e. The smallest absolute Gasteiger partial charge is 0.407 e. The zero-order chi connectivity index (χ0) is 16.5. The van der Waals surface area contributed by atoms with Crippen LogP contribution in [0.3, 0.4) is 0 Å². The van der Waals surface area contributed by atoms with Crippen LogP contribution < -0.4 is 14.8 Å². The Bertz CT molecular complexity index is 606. The van der Waals surface area contributed by atoms with E-state index in [0.717, 1.165) is 22.6 Å².